The van der Waals surface area contributed by atoms with Gasteiger partial charge in [-0.05, 0) is 31.5 Å². The van der Waals surface area contributed by atoms with Crippen molar-refractivity contribution in [3.05, 3.63) is 35.6 Å². The van der Waals surface area contributed by atoms with Crippen molar-refractivity contribution in [1.29, 1.82) is 0 Å². The molecule has 108 valence electrons. The lowest BCUT2D eigenvalue weighted by molar-refractivity contribution is 0.0854. The topological polar surface area (TPSA) is 71.7 Å². The first kappa shape index (κ1) is 14.6. The van der Waals surface area contributed by atoms with E-state index in [1.54, 1.807) is 13.2 Å². The second kappa shape index (κ2) is 6.54. The normalized spacial score (nSPS) is 12.6. The molecule has 1 unspecified atom stereocenters. The molecule has 0 bridgehead atoms. The van der Waals surface area contributed by atoms with Crippen LogP contribution in [0.4, 0.5) is 0 Å². The van der Waals surface area contributed by atoms with Crippen molar-refractivity contribution in [1.82, 2.24) is 5.32 Å². The lowest BCUT2D eigenvalue weighted by atomic mass is 10.2. The van der Waals surface area contributed by atoms with E-state index in [9.17, 15) is 4.79 Å². The first-order valence-electron chi connectivity index (χ1n) is 6.55. The summed E-state index contributed by atoms with van der Waals surface area (Å²) in [4.78, 5) is 12.1. The van der Waals surface area contributed by atoms with Gasteiger partial charge in [-0.2, -0.15) is 0 Å². The number of benzene rings is 1. The van der Waals surface area contributed by atoms with E-state index < -0.39 is 0 Å². The molecule has 1 atom stereocenters. The van der Waals surface area contributed by atoms with Crippen LogP contribution >= 0.6 is 0 Å². The van der Waals surface area contributed by atoms with Crippen LogP contribution in [-0.2, 0) is 4.74 Å². The van der Waals surface area contributed by atoms with Crippen LogP contribution < -0.4 is 5.32 Å². The Hall–Kier alpha value is -1.85. The smallest absolute Gasteiger partial charge is 0.287 e. The Kier molecular flexibility index (Phi) is 4.76. The predicted molar refractivity (Wildman–Crippen MR) is 75.8 cm³/mol. The average molecular weight is 277 g/mol. The molecule has 1 aromatic heterocycles. The Morgan fingerprint density at radius 3 is 2.95 bits per heavy atom. The summed E-state index contributed by atoms with van der Waals surface area (Å²) >= 11 is 0. The first-order chi connectivity index (χ1) is 9.63. The second-order valence-electron chi connectivity index (χ2n) is 4.79. The van der Waals surface area contributed by atoms with Gasteiger partial charge in [-0.3, -0.25) is 4.79 Å². The SMILES string of the molecule is COCC(CCO)NC(=O)c1cc2cc(C)ccc2o1. The van der Waals surface area contributed by atoms with E-state index in [-0.39, 0.29) is 24.3 Å². The van der Waals surface area contributed by atoms with Crippen LogP contribution in [0.3, 0.4) is 0 Å². The van der Waals surface area contributed by atoms with Crippen LogP contribution in [0.25, 0.3) is 11.0 Å². The van der Waals surface area contributed by atoms with Gasteiger partial charge >= 0.3 is 0 Å². The predicted octanol–water partition coefficient (Wildman–Crippen LogP) is 1.87. The molecule has 2 N–H and O–H groups in total. The Morgan fingerprint density at radius 2 is 2.25 bits per heavy atom. The van der Waals surface area contributed by atoms with Crippen molar-refractivity contribution in [2.45, 2.75) is 19.4 Å². The molecule has 0 aliphatic rings. The largest absolute Gasteiger partial charge is 0.451 e. The molecule has 1 heterocycles. The highest BCUT2D eigenvalue weighted by atomic mass is 16.5. The third kappa shape index (κ3) is 3.37. The third-order valence-corrected chi connectivity index (χ3v) is 3.08. The summed E-state index contributed by atoms with van der Waals surface area (Å²) in [5.74, 6) is -0.0287. The molecule has 5 heteroatoms. The number of furan rings is 1. The van der Waals surface area contributed by atoms with Crippen LogP contribution in [0.5, 0.6) is 0 Å². The van der Waals surface area contributed by atoms with Gasteiger partial charge in [0.15, 0.2) is 5.76 Å². The summed E-state index contributed by atoms with van der Waals surface area (Å²) in [6.45, 7) is 2.33. The fourth-order valence-electron chi connectivity index (χ4n) is 2.09. The number of carbonyl (C=O) groups excluding carboxylic acids is 1. The number of rotatable bonds is 6. The van der Waals surface area contributed by atoms with Gasteiger partial charge in [0.25, 0.3) is 5.91 Å². The molecule has 0 saturated heterocycles. The van der Waals surface area contributed by atoms with Gasteiger partial charge in [-0.25, -0.2) is 0 Å². The minimum absolute atomic E-state index is 0.00632. The maximum atomic E-state index is 12.1. The number of carbonyl (C=O) groups is 1. The number of aliphatic hydroxyl groups is 1. The van der Waals surface area contributed by atoms with E-state index in [2.05, 4.69) is 5.32 Å². The number of amides is 1. The van der Waals surface area contributed by atoms with Crippen LogP contribution in [-0.4, -0.2) is 37.4 Å². The van der Waals surface area contributed by atoms with Crippen molar-refractivity contribution in [3.63, 3.8) is 0 Å². The number of aliphatic hydroxyl groups excluding tert-OH is 1. The van der Waals surface area contributed by atoms with Crippen molar-refractivity contribution < 1.29 is 19.1 Å². The Morgan fingerprint density at radius 1 is 1.45 bits per heavy atom. The molecule has 2 aromatic rings. The highest BCUT2D eigenvalue weighted by Gasteiger charge is 2.17. The summed E-state index contributed by atoms with van der Waals surface area (Å²) in [5, 5.41) is 12.7. The van der Waals surface area contributed by atoms with Crippen molar-refractivity contribution in [3.8, 4) is 0 Å². The summed E-state index contributed by atoms with van der Waals surface area (Å²) in [7, 11) is 1.56. The molecular formula is C15H19NO4. The fourth-order valence-corrected chi connectivity index (χ4v) is 2.09. The second-order valence-corrected chi connectivity index (χ2v) is 4.79. The zero-order chi connectivity index (χ0) is 14.5. The lowest BCUT2D eigenvalue weighted by Gasteiger charge is -2.15. The third-order valence-electron chi connectivity index (χ3n) is 3.08. The highest BCUT2D eigenvalue weighted by molar-refractivity contribution is 5.96. The highest BCUT2D eigenvalue weighted by Crippen LogP contribution is 2.20. The van der Waals surface area contributed by atoms with Gasteiger partial charge in [0.2, 0.25) is 0 Å². The molecule has 0 aliphatic carbocycles. The summed E-state index contributed by atoms with van der Waals surface area (Å²) in [5.41, 5.74) is 1.80. The average Bonchev–Trinajstić information content (AvgIpc) is 2.82. The first-order valence-corrected chi connectivity index (χ1v) is 6.55. The molecule has 5 nitrogen and oxygen atoms in total. The van der Waals surface area contributed by atoms with E-state index in [4.69, 9.17) is 14.3 Å². The number of ether oxygens (including phenoxy) is 1. The molecule has 2 rings (SSSR count). The standard InChI is InChI=1S/C15H19NO4/c1-10-3-4-13-11(7-10)8-14(20-13)15(18)16-12(5-6-17)9-19-2/h3-4,7-8,12,17H,5-6,9H2,1-2H3,(H,16,18). The Balaban J connectivity index is 2.13. The number of hydrogen-bond donors (Lipinski definition) is 2. The van der Waals surface area contributed by atoms with Crippen molar-refractivity contribution >= 4 is 16.9 Å². The van der Waals surface area contributed by atoms with Gasteiger partial charge in [0.05, 0.1) is 12.6 Å². The van der Waals surface area contributed by atoms with Gasteiger partial charge in [-0.1, -0.05) is 11.6 Å². The monoisotopic (exact) mass is 277 g/mol. The zero-order valence-corrected chi connectivity index (χ0v) is 11.7. The number of hydrogen-bond acceptors (Lipinski definition) is 4. The van der Waals surface area contributed by atoms with E-state index in [1.165, 1.54) is 0 Å². The minimum atomic E-state index is -0.297. The Bertz CT molecular complexity index is 585. The number of aryl methyl sites for hydroxylation is 1. The van der Waals surface area contributed by atoms with Crippen molar-refractivity contribution in [2.24, 2.45) is 0 Å². The van der Waals surface area contributed by atoms with Crippen LogP contribution in [0.1, 0.15) is 22.5 Å². The quantitative estimate of drug-likeness (QED) is 0.845. The maximum Gasteiger partial charge on any atom is 0.287 e. The molecule has 0 radical (unpaired) electrons. The fraction of sp³-hybridized carbons (Fsp3) is 0.400. The molecule has 20 heavy (non-hydrogen) atoms. The van der Waals surface area contributed by atoms with Gasteiger partial charge in [0, 0.05) is 19.1 Å². The summed E-state index contributed by atoms with van der Waals surface area (Å²) in [6, 6.07) is 7.25. The summed E-state index contributed by atoms with van der Waals surface area (Å²) in [6.07, 6.45) is 0.443. The molecular weight excluding hydrogens is 258 g/mol. The molecule has 0 aliphatic heterocycles. The Labute approximate surface area is 117 Å². The van der Waals surface area contributed by atoms with Gasteiger partial charge in [-0.15, -0.1) is 0 Å². The van der Waals surface area contributed by atoms with E-state index >= 15 is 0 Å². The van der Waals surface area contributed by atoms with E-state index in [0.29, 0.717) is 18.6 Å². The summed E-state index contributed by atoms with van der Waals surface area (Å²) < 4.78 is 10.5. The zero-order valence-electron chi connectivity index (χ0n) is 11.7. The number of methoxy groups -OCH3 is 1. The van der Waals surface area contributed by atoms with Crippen LogP contribution in [0.2, 0.25) is 0 Å². The molecule has 0 fully saturated rings. The maximum absolute atomic E-state index is 12.1. The molecule has 0 saturated carbocycles. The lowest BCUT2D eigenvalue weighted by Crippen LogP contribution is -2.38. The molecule has 1 aromatic carbocycles. The van der Waals surface area contributed by atoms with Gasteiger partial charge in [0.1, 0.15) is 5.58 Å². The van der Waals surface area contributed by atoms with E-state index in [0.717, 1.165) is 10.9 Å². The minimum Gasteiger partial charge on any atom is -0.451 e. The number of nitrogens with one attached hydrogen (secondary N) is 1. The van der Waals surface area contributed by atoms with Crippen molar-refractivity contribution in [2.75, 3.05) is 20.3 Å². The molecule has 0 spiro atoms. The van der Waals surface area contributed by atoms with Crippen LogP contribution in [0, 0.1) is 6.92 Å². The van der Waals surface area contributed by atoms with E-state index in [1.807, 2.05) is 25.1 Å². The number of fused-ring (bicyclic) bond motifs is 1. The van der Waals surface area contributed by atoms with Crippen LogP contribution in [0.15, 0.2) is 28.7 Å². The van der Waals surface area contributed by atoms with Gasteiger partial charge < -0.3 is 19.6 Å². The molecule has 1 amide bonds.